The van der Waals surface area contributed by atoms with Crippen LogP contribution in [0.2, 0.25) is 0 Å². The molecule has 9 nitrogen and oxygen atoms in total. The molecule has 5 rings (SSSR count). The molecule has 3 atom stereocenters. The number of carbonyl (C=O) groups is 3. The number of nitrogens with one attached hydrogen (secondary N) is 2. The van der Waals surface area contributed by atoms with Crippen LogP contribution in [-0.2, 0) is 22.7 Å². The number of aromatic nitrogens is 2. The van der Waals surface area contributed by atoms with Gasteiger partial charge in [-0.3, -0.25) is 24.4 Å². The Morgan fingerprint density at radius 2 is 2.00 bits per heavy atom. The van der Waals surface area contributed by atoms with E-state index in [4.69, 9.17) is 4.74 Å². The Hall–Kier alpha value is -3.20. The number of benzene rings is 1. The molecule has 1 unspecified atom stereocenters. The number of rotatable bonds is 7. The fourth-order valence-electron chi connectivity index (χ4n) is 5.27. The van der Waals surface area contributed by atoms with E-state index in [0.29, 0.717) is 24.6 Å². The van der Waals surface area contributed by atoms with Gasteiger partial charge in [-0.05, 0) is 63.3 Å². The summed E-state index contributed by atoms with van der Waals surface area (Å²) < 4.78 is 8.41. The fraction of sp³-hybridized carbons (Fsp3) is 0.538. The Kier molecular flexibility index (Phi) is 6.60. The molecule has 1 saturated carbocycles. The SMILES string of the molecule is CC(C)n1cc(CN[C@H]2CCCC[C@H]2Oc2ccc3c(c2)CN(C2CCC(=O)NC2=O)C3=O)cn1. The number of ether oxygens (including phenoxy) is 1. The summed E-state index contributed by atoms with van der Waals surface area (Å²) in [4.78, 5) is 38.3. The molecule has 3 heterocycles. The molecule has 1 aromatic heterocycles. The van der Waals surface area contributed by atoms with Crippen molar-refractivity contribution in [2.45, 2.75) is 89.7 Å². The standard InChI is InChI=1S/C26H33N5O4/c1-16(2)31-14-17(13-28-31)12-27-21-5-3-4-6-23(21)35-19-7-8-20-18(11-19)15-30(26(20)34)22-9-10-24(32)29-25(22)33/h7-8,11,13-14,16,21-23,27H,3-6,9-10,12,15H2,1-2H3,(H,29,32,33)/t21-,22?,23+/m0/s1. The summed E-state index contributed by atoms with van der Waals surface area (Å²) in [5, 5.41) is 10.4. The first kappa shape index (κ1) is 23.5. The van der Waals surface area contributed by atoms with Crippen LogP contribution >= 0.6 is 0 Å². The van der Waals surface area contributed by atoms with E-state index < -0.39 is 11.9 Å². The molecule has 1 saturated heterocycles. The highest BCUT2D eigenvalue weighted by Crippen LogP contribution is 2.32. The maximum Gasteiger partial charge on any atom is 0.255 e. The first-order valence-electron chi connectivity index (χ1n) is 12.6. The van der Waals surface area contributed by atoms with E-state index in [-0.39, 0.29) is 30.4 Å². The van der Waals surface area contributed by atoms with Gasteiger partial charge in [-0.15, -0.1) is 0 Å². The molecule has 2 aromatic rings. The molecule has 0 bridgehead atoms. The minimum atomic E-state index is -0.607. The summed E-state index contributed by atoms with van der Waals surface area (Å²) >= 11 is 0. The van der Waals surface area contributed by atoms with E-state index in [1.54, 1.807) is 11.0 Å². The van der Waals surface area contributed by atoms with Crippen molar-refractivity contribution in [3.63, 3.8) is 0 Å². The number of piperidine rings is 1. The van der Waals surface area contributed by atoms with Gasteiger partial charge in [-0.2, -0.15) is 5.10 Å². The lowest BCUT2D eigenvalue weighted by atomic mass is 9.92. The minimum Gasteiger partial charge on any atom is -0.489 e. The highest BCUT2D eigenvalue weighted by molar-refractivity contribution is 6.05. The molecular weight excluding hydrogens is 446 g/mol. The monoisotopic (exact) mass is 479 g/mol. The summed E-state index contributed by atoms with van der Waals surface area (Å²) in [5.41, 5.74) is 2.62. The molecule has 2 fully saturated rings. The number of amides is 3. The van der Waals surface area contributed by atoms with Gasteiger partial charge >= 0.3 is 0 Å². The first-order valence-corrected chi connectivity index (χ1v) is 12.6. The van der Waals surface area contributed by atoms with Crippen molar-refractivity contribution in [2.24, 2.45) is 0 Å². The maximum absolute atomic E-state index is 12.9. The van der Waals surface area contributed by atoms with Crippen LogP contribution in [0.1, 0.15) is 79.9 Å². The molecule has 2 N–H and O–H groups in total. The second kappa shape index (κ2) is 9.81. The summed E-state index contributed by atoms with van der Waals surface area (Å²) in [6.45, 7) is 5.33. The molecule has 9 heteroatoms. The molecule has 3 aliphatic rings. The molecule has 35 heavy (non-hydrogen) atoms. The predicted octanol–water partition coefficient (Wildman–Crippen LogP) is 2.70. The molecule has 0 radical (unpaired) electrons. The van der Waals surface area contributed by atoms with Gasteiger partial charge in [-0.25, -0.2) is 0 Å². The largest absolute Gasteiger partial charge is 0.489 e. The van der Waals surface area contributed by atoms with Crippen molar-refractivity contribution in [3.05, 3.63) is 47.3 Å². The van der Waals surface area contributed by atoms with E-state index in [0.717, 1.165) is 42.7 Å². The Morgan fingerprint density at radius 3 is 2.77 bits per heavy atom. The Bertz CT molecular complexity index is 1130. The highest BCUT2D eigenvalue weighted by Gasteiger charge is 2.39. The third-order valence-corrected chi connectivity index (χ3v) is 7.24. The molecule has 186 valence electrons. The van der Waals surface area contributed by atoms with Gasteiger partial charge in [0.1, 0.15) is 17.9 Å². The van der Waals surface area contributed by atoms with Gasteiger partial charge in [0.15, 0.2) is 0 Å². The number of hydrogen-bond acceptors (Lipinski definition) is 6. The summed E-state index contributed by atoms with van der Waals surface area (Å²) in [5.74, 6) is -0.0994. The zero-order valence-corrected chi connectivity index (χ0v) is 20.3. The van der Waals surface area contributed by atoms with Crippen LogP contribution in [0, 0.1) is 0 Å². The van der Waals surface area contributed by atoms with E-state index in [2.05, 4.69) is 35.8 Å². The lowest BCUT2D eigenvalue weighted by Crippen LogP contribution is -2.52. The summed E-state index contributed by atoms with van der Waals surface area (Å²) in [6.07, 6.45) is 8.98. The lowest BCUT2D eigenvalue weighted by molar-refractivity contribution is -0.136. The van der Waals surface area contributed by atoms with Crippen LogP contribution in [0.4, 0.5) is 0 Å². The van der Waals surface area contributed by atoms with Crippen molar-refractivity contribution in [2.75, 3.05) is 0 Å². The summed E-state index contributed by atoms with van der Waals surface area (Å²) in [7, 11) is 0. The Labute approximate surface area is 205 Å². The fourth-order valence-corrected chi connectivity index (χ4v) is 5.27. The number of nitrogens with zero attached hydrogens (tertiary/aromatic N) is 3. The van der Waals surface area contributed by atoms with Crippen molar-refractivity contribution < 1.29 is 19.1 Å². The Morgan fingerprint density at radius 1 is 1.17 bits per heavy atom. The van der Waals surface area contributed by atoms with E-state index in [1.807, 2.05) is 23.0 Å². The van der Waals surface area contributed by atoms with Crippen molar-refractivity contribution in [1.29, 1.82) is 0 Å². The summed E-state index contributed by atoms with van der Waals surface area (Å²) in [6, 6.07) is 5.54. The highest BCUT2D eigenvalue weighted by atomic mass is 16.5. The van der Waals surface area contributed by atoms with Crippen molar-refractivity contribution in [1.82, 2.24) is 25.3 Å². The van der Waals surface area contributed by atoms with Crippen LogP contribution in [-0.4, -0.2) is 50.6 Å². The lowest BCUT2D eigenvalue weighted by Gasteiger charge is -2.32. The molecule has 0 spiro atoms. The predicted molar refractivity (Wildman–Crippen MR) is 129 cm³/mol. The zero-order valence-electron chi connectivity index (χ0n) is 20.3. The third-order valence-electron chi connectivity index (χ3n) is 7.24. The minimum absolute atomic E-state index is 0.0466. The van der Waals surface area contributed by atoms with Gasteiger partial charge in [0, 0.05) is 48.9 Å². The molecular formula is C26H33N5O4. The molecule has 1 aromatic carbocycles. The van der Waals surface area contributed by atoms with E-state index in [9.17, 15) is 14.4 Å². The van der Waals surface area contributed by atoms with Crippen molar-refractivity contribution in [3.8, 4) is 5.75 Å². The second-order valence-electron chi connectivity index (χ2n) is 10.1. The van der Waals surface area contributed by atoms with Gasteiger partial charge in [0.05, 0.1) is 6.20 Å². The average Bonchev–Trinajstić information content (AvgIpc) is 3.43. The van der Waals surface area contributed by atoms with E-state index >= 15 is 0 Å². The van der Waals surface area contributed by atoms with Gasteiger partial charge in [-0.1, -0.05) is 6.42 Å². The smallest absolute Gasteiger partial charge is 0.255 e. The molecule has 1 aliphatic carbocycles. The van der Waals surface area contributed by atoms with Crippen LogP contribution in [0.3, 0.4) is 0 Å². The number of imide groups is 1. The van der Waals surface area contributed by atoms with Gasteiger partial charge < -0.3 is 15.0 Å². The van der Waals surface area contributed by atoms with Gasteiger partial charge in [0.25, 0.3) is 5.91 Å². The third kappa shape index (κ3) is 4.96. The van der Waals surface area contributed by atoms with Crippen molar-refractivity contribution >= 4 is 17.7 Å². The van der Waals surface area contributed by atoms with Crippen LogP contribution in [0.15, 0.2) is 30.6 Å². The number of carbonyl (C=O) groups excluding carboxylic acids is 3. The number of hydrogen-bond donors (Lipinski definition) is 2. The topological polar surface area (TPSA) is 106 Å². The first-order chi connectivity index (χ1) is 16.9. The number of fused-ring (bicyclic) bond motifs is 1. The van der Waals surface area contributed by atoms with Gasteiger partial charge in [0.2, 0.25) is 11.8 Å². The zero-order chi connectivity index (χ0) is 24.5. The quantitative estimate of drug-likeness (QED) is 0.592. The Balaban J connectivity index is 1.23. The molecule has 2 aliphatic heterocycles. The normalized spacial score (nSPS) is 24.6. The van der Waals surface area contributed by atoms with Crippen LogP contribution in [0.25, 0.3) is 0 Å². The van der Waals surface area contributed by atoms with E-state index in [1.165, 1.54) is 6.42 Å². The second-order valence-corrected chi connectivity index (χ2v) is 10.1. The van der Waals surface area contributed by atoms with Crippen LogP contribution in [0.5, 0.6) is 5.75 Å². The van der Waals surface area contributed by atoms with Crippen LogP contribution < -0.4 is 15.4 Å². The maximum atomic E-state index is 12.9. The molecule has 3 amide bonds. The average molecular weight is 480 g/mol.